The van der Waals surface area contributed by atoms with Gasteiger partial charge in [-0.25, -0.2) is 8.42 Å². The highest BCUT2D eigenvalue weighted by Gasteiger charge is 2.21. The Morgan fingerprint density at radius 3 is 2.48 bits per heavy atom. The smallest absolute Gasteiger partial charge is 0.152 e. The summed E-state index contributed by atoms with van der Waals surface area (Å²) in [5.74, 6) is 0.486. The van der Waals surface area contributed by atoms with Gasteiger partial charge in [0.2, 0.25) is 0 Å². The number of H-pyrrole nitrogens is 1. The molecule has 0 atom stereocenters. The van der Waals surface area contributed by atoms with Gasteiger partial charge >= 0.3 is 0 Å². The molecule has 0 aliphatic carbocycles. The zero-order valence-electron chi connectivity index (χ0n) is 13.9. The van der Waals surface area contributed by atoms with Gasteiger partial charge in [0, 0.05) is 30.7 Å². The Labute approximate surface area is 147 Å². The fourth-order valence-corrected chi connectivity index (χ4v) is 4.64. The predicted octanol–water partition coefficient (Wildman–Crippen LogP) is 2.65. The Hall–Kier alpha value is -2.31. The van der Waals surface area contributed by atoms with E-state index in [0.29, 0.717) is 13.1 Å². The van der Waals surface area contributed by atoms with Crippen molar-refractivity contribution >= 4 is 26.4 Å². The number of aromatic nitrogens is 1. The number of rotatable bonds is 3. The van der Waals surface area contributed by atoms with E-state index < -0.39 is 9.84 Å². The van der Waals surface area contributed by atoms with Crippen LogP contribution < -0.4 is 5.73 Å². The van der Waals surface area contributed by atoms with E-state index in [1.807, 2.05) is 24.3 Å². The Balaban J connectivity index is 1.61. The molecule has 2 aromatic carbocycles. The molecular formula is C19H21N3O2S. The van der Waals surface area contributed by atoms with Crippen molar-refractivity contribution in [3.8, 4) is 11.3 Å². The van der Waals surface area contributed by atoms with Crippen molar-refractivity contribution in [2.45, 2.75) is 6.54 Å². The highest BCUT2D eigenvalue weighted by atomic mass is 32.2. The van der Waals surface area contributed by atoms with Crippen molar-refractivity contribution in [3.05, 3.63) is 54.1 Å². The third-order valence-corrected chi connectivity index (χ3v) is 6.36. The maximum atomic E-state index is 11.6. The number of fused-ring (bicyclic) bond motifs is 1. The highest BCUT2D eigenvalue weighted by Crippen LogP contribution is 2.29. The van der Waals surface area contributed by atoms with Crippen molar-refractivity contribution in [2.24, 2.45) is 0 Å². The Morgan fingerprint density at radius 1 is 1.04 bits per heavy atom. The molecule has 0 radical (unpaired) electrons. The molecule has 1 aliphatic rings. The Bertz CT molecular complexity index is 996. The normalized spacial score (nSPS) is 17.8. The largest absolute Gasteiger partial charge is 0.397 e. The van der Waals surface area contributed by atoms with Gasteiger partial charge in [-0.05, 0) is 29.3 Å². The SMILES string of the molecule is Nc1cc(CN2CCS(=O)(=O)CC2)cc2cc(-c3ccccc3)[nH]c12. The molecule has 4 rings (SSSR count). The van der Waals surface area contributed by atoms with Crippen LogP contribution in [0.3, 0.4) is 0 Å². The lowest BCUT2D eigenvalue weighted by Gasteiger charge is -2.26. The predicted molar refractivity (Wildman–Crippen MR) is 102 cm³/mol. The lowest BCUT2D eigenvalue weighted by Crippen LogP contribution is -2.39. The Morgan fingerprint density at radius 2 is 1.76 bits per heavy atom. The second-order valence-corrected chi connectivity index (χ2v) is 8.93. The number of nitrogens with one attached hydrogen (secondary N) is 1. The summed E-state index contributed by atoms with van der Waals surface area (Å²) in [6, 6.07) is 16.4. The zero-order chi connectivity index (χ0) is 17.4. The summed E-state index contributed by atoms with van der Waals surface area (Å²) in [7, 11) is -2.85. The first-order valence-corrected chi connectivity index (χ1v) is 10.2. The summed E-state index contributed by atoms with van der Waals surface area (Å²) in [5.41, 5.74) is 11.2. The van der Waals surface area contributed by atoms with Crippen molar-refractivity contribution in [1.29, 1.82) is 0 Å². The average Bonchev–Trinajstić information content (AvgIpc) is 3.02. The van der Waals surface area contributed by atoms with E-state index in [1.165, 1.54) is 0 Å². The summed E-state index contributed by atoms with van der Waals surface area (Å²) < 4.78 is 23.1. The highest BCUT2D eigenvalue weighted by molar-refractivity contribution is 7.91. The van der Waals surface area contributed by atoms with Crippen LogP contribution in [0.25, 0.3) is 22.2 Å². The zero-order valence-corrected chi connectivity index (χ0v) is 14.7. The molecule has 1 saturated heterocycles. The molecule has 1 aromatic heterocycles. The number of hydrogen-bond acceptors (Lipinski definition) is 4. The van der Waals surface area contributed by atoms with Gasteiger partial charge in [0.25, 0.3) is 0 Å². The third-order valence-electron chi connectivity index (χ3n) is 4.75. The van der Waals surface area contributed by atoms with E-state index in [9.17, 15) is 8.42 Å². The van der Waals surface area contributed by atoms with Gasteiger partial charge in [-0.2, -0.15) is 0 Å². The van der Waals surface area contributed by atoms with Crippen LogP contribution in [0.15, 0.2) is 48.5 Å². The minimum atomic E-state index is -2.85. The van der Waals surface area contributed by atoms with E-state index in [1.54, 1.807) is 0 Å². The van der Waals surface area contributed by atoms with Crippen molar-refractivity contribution in [1.82, 2.24) is 9.88 Å². The van der Waals surface area contributed by atoms with Crippen LogP contribution in [0.1, 0.15) is 5.56 Å². The van der Waals surface area contributed by atoms with Crippen LogP contribution in [0.2, 0.25) is 0 Å². The van der Waals surface area contributed by atoms with Crippen LogP contribution >= 0.6 is 0 Å². The van der Waals surface area contributed by atoms with E-state index >= 15 is 0 Å². The van der Waals surface area contributed by atoms with Gasteiger partial charge in [-0.3, -0.25) is 4.90 Å². The number of nitrogens with two attached hydrogens (primary N) is 1. The van der Waals surface area contributed by atoms with Crippen molar-refractivity contribution in [2.75, 3.05) is 30.3 Å². The maximum absolute atomic E-state index is 11.6. The van der Waals surface area contributed by atoms with Crippen molar-refractivity contribution in [3.63, 3.8) is 0 Å². The molecule has 5 nitrogen and oxygen atoms in total. The molecule has 1 aliphatic heterocycles. The summed E-state index contributed by atoms with van der Waals surface area (Å²) in [6.45, 7) is 1.90. The first kappa shape index (κ1) is 16.2. The molecule has 130 valence electrons. The van der Waals surface area contributed by atoms with Gasteiger partial charge in [0.15, 0.2) is 9.84 Å². The van der Waals surface area contributed by atoms with E-state index in [4.69, 9.17) is 5.73 Å². The monoisotopic (exact) mass is 355 g/mol. The summed E-state index contributed by atoms with van der Waals surface area (Å²) in [5, 5.41) is 1.08. The van der Waals surface area contributed by atoms with E-state index in [0.717, 1.165) is 40.0 Å². The van der Waals surface area contributed by atoms with Gasteiger partial charge < -0.3 is 10.7 Å². The number of hydrogen-bond donors (Lipinski definition) is 2. The van der Waals surface area contributed by atoms with Crippen LogP contribution in [0.5, 0.6) is 0 Å². The minimum Gasteiger partial charge on any atom is -0.397 e. The number of nitrogen functional groups attached to an aromatic ring is 1. The molecule has 0 amide bonds. The van der Waals surface area contributed by atoms with E-state index in [-0.39, 0.29) is 11.5 Å². The van der Waals surface area contributed by atoms with Crippen molar-refractivity contribution < 1.29 is 8.42 Å². The molecule has 1 fully saturated rings. The summed E-state index contributed by atoms with van der Waals surface area (Å²) >= 11 is 0. The Kier molecular flexibility index (Phi) is 4.01. The molecule has 2 heterocycles. The van der Waals surface area contributed by atoms with Crippen LogP contribution in [-0.2, 0) is 16.4 Å². The van der Waals surface area contributed by atoms with Crippen LogP contribution in [0.4, 0.5) is 5.69 Å². The molecule has 6 heteroatoms. The molecule has 25 heavy (non-hydrogen) atoms. The van der Waals surface area contributed by atoms with Crippen LogP contribution in [-0.4, -0.2) is 42.9 Å². The number of nitrogens with zero attached hydrogens (tertiary/aromatic N) is 1. The lowest BCUT2D eigenvalue weighted by atomic mass is 10.1. The molecule has 3 aromatic rings. The number of aromatic amines is 1. The maximum Gasteiger partial charge on any atom is 0.152 e. The van der Waals surface area contributed by atoms with Gasteiger partial charge in [0.1, 0.15) is 0 Å². The second kappa shape index (κ2) is 6.20. The number of sulfone groups is 1. The topological polar surface area (TPSA) is 79.2 Å². The lowest BCUT2D eigenvalue weighted by molar-refractivity contribution is 0.288. The molecule has 3 N–H and O–H groups in total. The second-order valence-electron chi connectivity index (χ2n) is 6.63. The first-order chi connectivity index (χ1) is 12.0. The minimum absolute atomic E-state index is 0.243. The average molecular weight is 355 g/mol. The quantitative estimate of drug-likeness (QED) is 0.708. The fourth-order valence-electron chi connectivity index (χ4n) is 3.37. The molecule has 0 spiro atoms. The van der Waals surface area contributed by atoms with Crippen LogP contribution in [0, 0.1) is 0 Å². The molecular weight excluding hydrogens is 334 g/mol. The summed E-state index contributed by atoms with van der Waals surface area (Å²) in [6.07, 6.45) is 0. The van der Waals surface area contributed by atoms with Gasteiger partial charge in [0.05, 0.1) is 22.7 Å². The molecule has 0 unspecified atom stereocenters. The fraction of sp³-hybridized carbons (Fsp3) is 0.263. The summed E-state index contributed by atoms with van der Waals surface area (Å²) in [4.78, 5) is 5.58. The first-order valence-electron chi connectivity index (χ1n) is 8.39. The van der Waals surface area contributed by atoms with Gasteiger partial charge in [-0.1, -0.05) is 30.3 Å². The number of anilines is 1. The standard InChI is InChI=1S/C19H21N3O2S/c20-17-11-14(13-22-6-8-25(23,24)9-7-22)10-16-12-18(21-19(16)17)15-4-2-1-3-5-15/h1-5,10-12,21H,6-9,13,20H2. The molecule has 0 saturated carbocycles. The number of benzene rings is 2. The van der Waals surface area contributed by atoms with Gasteiger partial charge in [-0.15, -0.1) is 0 Å². The third kappa shape index (κ3) is 3.41. The molecule has 0 bridgehead atoms. The van der Waals surface area contributed by atoms with E-state index in [2.05, 4.69) is 34.1 Å².